The molecule has 2 aromatic rings. The lowest BCUT2D eigenvalue weighted by molar-refractivity contribution is -0.123. The second-order valence-electron chi connectivity index (χ2n) is 8.52. The topological polar surface area (TPSA) is 83.6 Å². The second-order valence-corrected chi connectivity index (χ2v) is 10.7. The first-order chi connectivity index (χ1) is 13.8. The van der Waals surface area contributed by atoms with Crippen LogP contribution < -0.4 is 9.62 Å². The van der Waals surface area contributed by atoms with Gasteiger partial charge in [0.15, 0.2) is 0 Å². The molecule has 0 radical (unpaired) electrons. The quantitative estimate of drug-likeness (QED) is 0.733. The van der Waals surface area contributed by atoms with Crippen LogP contribution in [0.1, 0.15) is 55.1 Å². The fourth-order valence-electron chi connectivity index (χ4n) is 3.60. The summed E-state index contributed by atoms with van der Waals surface area (Å²) in [5, 5.41) is 3.07. The van der Waals surface area contributed by atoms with E-state index in [9.17, 15) is 18.0 Å². The van der Waals surface area contributed by atoms with Crippen LogP contribution in [0.4, 0.5) is 11.4 Å². The van der Waals surface area contributed by atoms with E-state index in [-0.39, 0.29) is 27.9 Å². The van der Waals surface area contributed by atoms with Crippen LogP contribution in [0.5, 0.6) is 0 Å². The summed E-state index contributed by atoms with van der Waals surface area (Å²) in [5.41, 5.74) is 1.75. The SMILES string of the molecule is Cc1cccc(C(C)C)c1NC(=O)c1cc(N2C(=O)C(C)(C)CS2(=O)=O)ccc1Cl. The molecule has 2 amide bonds. The Bertz CT molecular complexity index is 1140. The summed E-state index contributed by atoms with van der Waals surface area (Å²) in [4.78, 5) is 25.7. The van der Waals surface area contributed by atoms with E-state index in [0.717, 1.165) is 15.4 Å². The van der Waals surface area contributed by atoms with E-state index < -0.39 is 27.3 Å². The fraction of sp³-hybridized carbons (Fsp3) is 0.364. The van der Waals surface area contributed by atoms with Crippen LogP contribution >= 0.6 is 11.6 Å². The largest absolute Gasteiger partial charge is 0.321 e. The Morgan fingerprint density at radius 2 is 1.87 bits per heavy atom. The molecule has 0 aliphatic carbocycles. The van der Waals surface area contributed by atoms with Gasteiger partial charge >= 0.3 is 0 Å². The second kappa shape index (κ2) is 7.71. The van der Waals surface area contributed by atoms with Crippen LogP contribution in [0.2, 0.25) is 5.02 Å². The van der Waals surface area contributed by atoms with Crippen LogP contribution in [0.15, 0.2) is 36.4 Å². The lowest BCUT2D eigenvalue weighted by atomic mass is 9.95. The van der Waals surface area contributed by atoms with Crippen molar-refractivity contribution < 1.29 is 18.0 Å². The van der Waals surface area contributed by atoms with Crippen LogP contribution in [-0.4, -0.2) is 26.0 Å². The van der Waals surface area contributed by atoms with Gasteiger partial charge in [-0.1, -0.05) is 43.6 Å². The zero-order valence-corrected chi connectivity index (χ0v) is 19.2. The molecule has 1 fully saturated rings. The monoisotopic (exact) mass is 448 g/mol. The maximum absolute atomic E-state index is 13.1. The van der Waals surface area contributed by atoms with Crippen molar-refractivity contribution in [3.63, 3.8) is 0 Å². The molecule has 0 unspecified atom stereocenters. The average Bonchev–Trinajstić information content (AvgIpc) is 2.79. The zero-order valence-electron chi connectivity index (χ0n) is 17.6. The van der Waals surface area contributed by atoms with Crippen LogP contribution in [0, 0.1) is 12.3 Å². The van der Waals surface area contributed by atoms with Crippen molar-refractivity contribution >= 4 is 44.8 Å². The van der Waals surface area contributed by atoms with E-state index in [1.807, 2.05) is 39.0 Å². The summed E-state index contributed by atoms with van der Waals surface area (Å²) in [5.74, 6) is -1.10. The molecule has 1 aliphatic heterocycles. The van der Waals surface area contributed by atoms with Gasteiger partial charge in [-0.3, -0.25) is 9.59 Å². The molecular formula is C22H25ClN2O4S. The molecule has 0 spiro atoms. The zero-order chi connectivity index (χ0) is 22.4. The first-order valence-electron chi connectivity index (χ1n) is 9.63. The van der Waals surface area contributed by atoms with Gasteiger partial charge in [0.2, 0.25) is 15.9 Å². The number of aryl methyl sites for hydroxylation is 1. The Morgan fingerprint density at radius 3 is 2.43 bits per heavy atom. The van der Waals surface area contributed by atoms with Crippen LogP contribution in [-0.2, 0) is 14.8 Å². The summed E-state index contributed by atoms with van der Waals surface area (Å²) in [6.45, 7) is 9.13. The summed E-state index contributed by atoms with van der Waals surface area (Å²) < 4.78 is 25.9. The highest BCUT2D eigenvalue weighted by molar-refractivity contribution is 7.94. The molecule has 2 aromatic carbocycles. The van der Waals surface area contributed by atoms with E-state index in [2.05, 4.69) is 5.32 Å². The van der Waals surface area contributed by atoms with Gasteiger partial charge in [0.25, 0.3) is 5.91 Å². The molecule has 0 saturated carbocycles. The van der Waals surface area contributed by atoms with Crippen molar-refractivity contribution in [1.29, 1.82) is 0 Å². The minimum Gasteiger partial charge on any atom is -0.321 e. The Morgan fingerprint density at radius 1 is 1.20 bits per heavy atom. The third-order valence-corrected chi connectivity index (χ3v) is 7.53. The van der Waals surface area contributed by atoms with Gasteiger partial charge in [-0.2, -0.15) is 0 Å². The van der Waals surface area contributed by atoms with Crippen molar-refractivity contribution in [3.05, 3.63) is 58.1 Å². The van der Waals surface area contributed by atoms with Crippen molar-refractivity contribution in [2.24, 2.45) is 5.41 Å². The Balaban J connectivity index is 2.02. The van der Waals surface area contributed by atoms with E-state index in [4.69, 9.17) is 11.6 Å². The maximum atomic E-state index is 13.1. The molecule has 3 rings (SSSR count). The number of hydrogen-bond donors (Lipinski definition) is 1. The number of benzene rings is 2. The van der Waals surface area contributed by atoms with Gasteiger partial charge in [-0.15, -0.1) is 0 Å². The van der Waals surface area contributed by atoms with Gasteiger partial charge < -0.3 is 5.32 Å². The smallest absolute Gasteiger partial charge is 0.257 e. The Kier molecular flexibility index (Phi) is 5.73. The molecule has 1 heterocycles. The van der Waals surface area contributed by atoms with E-state index in [0.29, 0.717) is 5.69 Å². The fourth-order valence-corrected chi connectivity index (χ4v) is 5.90. The van der Waals surface area contributed by atoms with Crippen LogP contribution in [0.3, 0.4) is 0 Å². The number of nitrogens with zero attached hydrogens (tertiary/aromatic N) is 1. The minimum atomic E-state index is -3.83. The molecule has 160 valence electrons. The molecule has 30 heavy (non-hydrogen) atoms. The summed E-state index contributed by atoms with van der Waals surface area (Å²) in [6, 6.07) is 9.99. The van der Waals surface area contributed by atoms with Gasteiger partial charge in [0.05, 0.1) is 27.4 Å². The number of halogens is 1. The van der Waals surface area contributed by atoms with Gasteiger partial charge in [-0.25, -0.2) is 12.7 Å². The van der Waals surface area contributed by atoms with Gasteiger partial charge in [0.1, 0.15) is 0 Å². The highest BCUT2D eigenvalue weighted by Gasteiger charge is 2.50. The number of sulfonamides is 1. The predicted octanol–water partition coefficient (Wildman–Crippen LogP) is 4.73. The standard InChI is InChI=1S/C22H25ClN2O4S/c1-13(2)16-8-6-7-14(3)19(16)24-20(26)17-11-15(9-10-18(17)23)25-21(27)22(4,5)12-30(25,28)29/h6-11,13H,12H2,1-5H3,(H,24,26). The molecule has 8 heteroatoms. The summed E-state index contributed by atoms with van der Waals surface area (Å²) >= 11 is 6.26. The molecule has 1 saturated heterocycles. The molecule has 0 aromatic heterocycles. The van der Waals surface area contributed by atoms with Crippen molar-refractivity contribution in [3.8, 4) is 0 Å². The lowest BCUT2D eigenvalue weighted by Crippen LogP contribution is -2.33. The third kappa shape index (κ3) is 3.96. The van der Waals surface area contributed by atoms with Crippen molar-refractivity contribution in [2.75, 3.05) is 15.4 Å². The molecular weight excluding hydrogens is 424 g/mol. The number of hydrogen-bond acceptors (Lipinski definition) is 4. The molecule has 1 N–H and O–H groups in total. The van der Waals surface area contributed by atoms with E-state index >= 15 is 0 Å². The average molecular weight is 449 g/mol. The number of anilines is 2. The number of nitrogens with one attached hydrogen (secondary N) is 1. The Labute approximate surface area is 182 Å². The van der Waals surface area contributed by atoms with Crippen molar-refractivity contribution in [1.82, 2.24) is 0 Å². The molecule has 6 nitrogen and oxygen atoms in total. The first-order valence-corrected chi connectivity index (χ1v) is 11.6. The highest BCUT2D eigenvalue weighted by Crippen LogP contribution is 2.37. The maximum Gasteiger partial charge on any atom is 0.257 e. The Hall–Kier alpha value is -2.38. The highest BCUT2D eigenvalue weighted by atomic mass is 35.5. The number of carbonyl (C=O) groups excluding carboxylic acids is 2. The van der Waals surface area contributed by atoms with Gasteiger partial charge in [-0.05, 0) is 56.0 Å². The van der Waals surface area contributed by atoms with Gasteiger partial charge in [0, 0.05) is 5.69 Å². The molecule has 0 atom stereocenters. The number of amides is 2. The molecule has 0 bridgehead atoms. The number of para-hydroxylation sites is 1. The number of rotatable bonds is 4. The van der Waals surface area contributed by atoms with E-state index in [1.54, 1.807) is 13.8 Å². The predicted molar refractivity (Wildman–Crippen MR) is 120 cm³/mol. The number of carbonyl (C=O) groups is 2. The normalized spacial score (nSPS) is 17.4. The summed E-state index contributed by atoms with van der Waals surface area (Å²) in [7, 11) is -3.83. The van der Waals surface area contributed by atoms with Crippen molar-refractivity contribution in [2.45, 2.75) is 40.5 Å². The molecule has 1 aliphatic rings. The third-order valence-electron chi connectivity index (χ3n) is 5.18. The summed E-state index contributed by atoms with van der Waals surface area (Å²) in [6.07, 6.45) is 0. The van der Waals surface area contributed by atoms with Crippen LogP contribution in [0.25, 0.3) is 0 Å². The minimum absolute atomic E-state index is 0.0971. The first kappa shape index (κ1) is 22.3. The van der Waals surface area contributed by atoms with E-state index in [1.165, 1.54) is 18.2 Å². The lowest BCUT2D eigenvalue weighted by Gasteiger charge is -2.19.